The molecule has 0 aromatic carbocycles. The highest BCUT2D eigenvalue weighted by Crippen LogP contribution is 2.39. The summed E-state index contributed by atoms with van der Waals surface area (Å²) in [5.74, 6) is -2.80. The van der Waals surface area contributed by atoms with Gasteiger partial charge in [-0.2, -0.15) is 13.2 Å². The fourth-order valence-corrected chi connectivity index (χ4v) is 2.99. The van der Waals surface area contributed by atoms with E-state index in [1.807, 2.05) is 5.32 Å². The fourth-order valence-electron chi connectivity index (χ4n) is 2.02. The normalized spacial score (nSPS) is 18.1. The zero-order chi connectivity index (χ0) is 18.1. The number of alkyl halides is 3. The number of halogens is 3. The molecule has 0 bridgehead atoms. The van der Waals surface area contributed by atoms with Gasteiger partial charge >= 0.3 is 6.18 Å². The smallest absolute Gasteiger partial charge is 0.340 e. The summed E-state index contributed by atoms with van der Waals surface area (Å²) < 4.78 is 38.4. The molecule has 7 nitrogen and oxygen atoms in total. The van der Waals surface area contributed by atoms with E-state index in [-0.39, 0.29) is 29.2 Å². The van der Waals surface area contributed by atoms with Gasteiger partial charge in [-0.15, -0.1) is 11.3 Å². The standard InChI is InChI=1S/C13H12F3N3O4S/c1-5(20)17-12-6(4-8(24-12)13(14,15)16)10(22)18-7-2-3-9(21)19-11(7)23/h4,7H,2-3H2,1H3,(H,17,20)(H,18,22)(H,19,21,23). The van der Waals surface area contributed by atoms with Gasteiger partial charge in [-0.1, -0.05) is 0 Å². The number of hydrogen-bond acceptors (Lipinski definition) is 5. The first-order valence-electron chi connectivity index (χ1n) is 6.71. The molecule has 1 fully saturated rings. The Morgan fingerprint density at radius 2 is 2.00 bits per heavy atom. The molecule has 0 saturated carbocycles. The quantitative estimate of drug-likeness (QED) is 0.703. The topological polar surface area (TPSA) is 104 Å². The van der Waals surface area contributed by atoms with E-state index in [0.29, 0.717) is 6.07 Å². The van der Waals surface area contributed by atoms with Gasteiger partial charge in [0.15, 0.2) is 0 Å². The van der Waals surface area contributed by atoms with E-state index in [9.17, 15) is 32.3 Å². The number of nitrogens with one attached hydrogen (secondary N) is 3. The SMILES string of the molecule is CC(=O)Nc1sc(C(F)(F)F)cc1C(=O)NC1CCC(=O)NC1=O. The predicted octanol–water partition coefficient (Wildman–Crippen LogP) is 1.26. The number of carbonyl (C=O) groups is 4. The third kappa shape index (κ3) is 4.10. The minimum atomic E-state index is -4.68. The molecule has 2 rings (SSSR count). The second-order valence-electron chi connectivity index (χ2n) is 5.01. The first kappa shape index (κ1) is 17.9. The average Bonchev–Trinajstić information content (AvgIpc) is 2.85. The first-order valence-corrected chi connectivity index (χ1v) is 7.52. The molecule has 3 N–H and O–H groups in total. The number of thiophene rings is 1. The fraction of sp³-hybridized carbons (Fsp3) is 0.385. The predicted molar refractivity (Wildman–Crippen MR) is 77.3 cm³/mol. The van der Waals surface area contributed by atoms with Gasteiger partial charge in [0.05, 0.1) is 5.56 Å². The molecule has 1 unspecified atom stereocenters. The van der Waals surface area contributed by atoms with E-state index in [0.717, 1.165) is 6.92 Å². The van der Waals surface area contributed by atoms with Gasteiger partial charge in [-0.3, -0.25) is 24.5 Å². The summed E-state index contributed by atoms with van der Waals surface area (Å²) in [4.78, 5) is 44.9. The molecule has 130 valence electrons. The number of anilines is 1. The number of hydrogen-bond donors (Lipinski definition) is 3. The Hall–Kier alpha value is -2.43. The molecule has 1 aromatic rings. The Bertz CT molecular complexity index is 714. The summed E-state index contributed by atoms with van der Waals surface area (Å²) >= 11 is 0.214. The Morgan fingerprint density at radius 1 is 1.33 bits per heavy atom. The Morgan fingerprint density at radius 3 is 2.54 bits per heavy atom. The van der Waals surface area contributed by atoms with Crippen molar-refractivity contribution in [2.45, 2.75) is 32.0 Å². The lowest BCUT2D eigenvalue weighted by molar-refractivity contribution is -0.135. The molecule has 1 aliphatic heterocycles. The van der Waals surface area contributed by atoms with Gasteiger partial charge in [0.1, 0.15) is 15.9 Å². The number of rotatable bonds is 3. The molecule has 1 aromatic heterocycles. The van der Waals surface area contributed by atoms with E-state index in [1.165, 1.54) is 0 Å². The molecular formula is C13H12F3N3O4S. The lowest BCUT2D eigenvalue weighted by atomic mass is 10.1. The molecule has 2 heterocycles. The number of imide groups is 1. The maximum absolute atomic E-state index is 12.8. The van der Waals surface area contributed by atoms with Crippen molar-refractivity contribution in [1.82, 2.24) is 10.6 Å². The van der Waals surface area contributed by atoms with E-state index in [1.54, 1.807) is 0 Å². The van der Waals surface area contributed by atoms with Crippen LogP contribution in [0.3, 0.4) is 0 Å². The molecule has 1 saturated heterocycles. The van der Waals surface area contributed by atoms with Crippen LogP contribution in [0.1, 0.15) is 35.0 Å². The van der Waals surface area contributed by atoms with Crippen LogP contribution in [0, 0.1) is 0 Å². The van der Waals surface area contributed by atoms with Gasteiger partial charge < -0.3 is 10.6 Å². The molecule has 1 atom stereocenters. The molecule has 0 spiro atoms. The van der Waals surface area contributed by atoms with Crippen molar-refractivity contribution in [2.24, 2.45) is 0 Å². The highest BCUT2D eigenvalue weighted by atomic mass is 32.1. The van der Waals surface area contributed by atoms with Crippen molar-refractivity contribution < 1.29 is 32.3 Å². The van der Waals surface area contributed by atoms with Crippen LogP contribution in [0.25, 0.3) is 0 Å². The molecule has 11 heteroatoms. The van der Waals surface area contributed by atoms with Crippen LogP contribution in [0.2, 0.25) is 0 Å². The van der Waals surface area contributed by atoms with Gasteiger partial charge in [-0.05, 0) is 12.5 Å². The first-order chi connectivity index (χ1) is 11.1. The highest BCUT2D eigenvalue weighted by molar-refractivity contribution is 7.16. The van der Waals surface area contributed by atoms with Crippen molar-refractivity contribution >= 4 is 40.0 Å². The maximum atomic E-state index is 12.8. The van der Waals surface area contributed by atoms with Crippen molar-refractivity contribution in [3.8, 4) is 0 Å². The van der Waals surface area contributed by atoms with Crippen LogP contribution in [-0.2, 0) is 20.6 Å². The Kier molecular flexibility index (Phi) is 4.92. The van der Waals surface area contributed by atoms with Gasteiger partial charge in [0, 0.05) is 13.3 Å². The Balaban J connectivity index is 2.24. The molecule has 0 aliphatic carbocycles. The third-order valence-corrected chi connectivity index (χ3v) is 4.19. The maximum Gasteiger partial charge on any atom is 0.425 e. The summed E-state index contributed by atoms with van der Waals surface area (Å²) in [6, 6.07) is -0.424. The van der Waals surface area contributed by atoms with E-state index in [4.69, 9.17) is 0 Å². The molecule has 4 amide bonds. The van der Waals surface area contributed by atoms with E-state index >= 15 is 0 Å². The van der Waals surface area contributed by atoms with E-state index < -0.39 is 46.3 Å². The monoisotopic (exact) mass is 363 g/mol. The summed E-state index contributed by atoms with van der Waals surface area (Å²) in [5, 5.41) is 6.19. The average molecular weight is 363 g/mol. The largest absolute Gasteiger partial charge is 0.425 e. The summed E-state index contributed by atoms with van der Waals surface area (Å²) in [6.45, 7) is 1.09. The highest BCUT2D eigenvalue weighted by Gasteiger charge is 2.36. The van der Waals surface area contributed by atoms with Crippen LogP contribution >= 0.6 is 11.3 Å². The van der Waals surface area contributed by atoms with Crippen LogP contribution < -0.4 is 16.0 Å². The lowest BCUT2D eigenvalue weighted by Gasteiger charge is -2.21. The van der Waals surface area contributed by atoms with Crippen LogP contribution in [-0.4, -0.2) is 29.7 Å². The van der Waals surface area contributed by atoms with Crippen LogP contribution in [0.4, 0.5) is 18.2 Å². The van der Waals surface area contributed by atoms with Gasteiger partial charge in [0.2, 0.25) is 17.7 Å². The second-order valence-corrected chi connectivity index (χ2v) is 6.06. The number of carbonyl (C=O) groups excluding carboxylic acids is 4. The molecule has 24 heavy (non-hydrogen) atoms. The summed E-state index contributed by atoms with van der Waals surface area (Å²) in [7, 11) is 0. The van der Waals surface area contributed by atoms with Crippen molar-refractivity contribution in [3.63, 3.8) is 0 Å². The minimum absolute atomic E-state index is 0.00662. The molecule has 0 radical (unpaired) electrons. The third-order valence-electron chi connectivity index (χ3n) is 3.09. The second kappa shape index (κ2) is 6.59. The zero-order valence-electron chi connectivity index (χ0n) is 12.2. The van der Waals surface area contributed by atoms with E-state index in [2.05, 4.69) is 10.6 Å². The molecular weight excluding hydrogens is 351 g/mol. The Labute approximate surface area is 137 Å². The van der Waals surface area contributed by atoms with Crippen LogP contribution in [0.15, 0.2) is 6.07 Å². The minimum Gasteiger partial charge on any atom is -0.340 e. The summed E-state index contributed by atoms with van der Waals surface area (Å²) in [5.41, 5.74) is -0.396. The molecule has 1 aliphatic rings. The lowest BCUT2D eigenvalue weighted by Crippen LogP contribution is -2.52. The summed E-state index contributed by atoms with van der Waals surface area (Å²) in [6.07, 6.45) is -4.63. The zero-order valence-corrected chi connectivity index (χ0v) is 13.1. The van der Waals surface area contributed by atoms with Crippen molar-refractivity contribution in [2.75, 3.05) is 5.32 Å². The van der Waals surface area contributed by atoms with Crippen molar-refractivity contribution in [3.05, 3.63) is 16.5 Å². The number of piperidine rings is 1. The van der Waals surface area contributed by atoms with Gasteiger partial charge in [-0.25, -0.2) is 0 Å². The van der Waals surface area contributed by atoms with Gasteiger partial charge in [0.25, 0.3) is 5.91 Å². The van der Waals surface area contributed by atoms with Crippen molar-refractivity contribution in [1.29, 1.82) is 0 Å². The van der Waals surface area contributed by atoms with Crippen LogP contribution in [0.5, 0.6) is 0 Å². The number of amides is 4.